The number of H-pyrrole nitrogens is 1. The van der Waals surface area contributed by atoms with Crippen molar-refractivity contribution < 1.29 is 0 Å². The maximum absolute atomic E-state index is 13.1. The lowest BCUT2D eigenvalue weighted by Gasteiger charge is -2.33. The molecule has 1 fully saturated rings. The highest BCUT2D eigenvalue weighted by molar-refractivity contribution is 6.05. The van der Waals surface area contributed by atoms with Crippen LogP contribution >= 0.6 is 0 Å². The van der Waals surface area contributed by atoms with Crippen LogP contribution in [0.25, 0.3) is 21.7 Å². The van der Waals surface area contributed by atoms with Crippen LogP contribution in [0, 0.1) is 6.92 Å². The van der Waals surface area contributed by atoms with Crippen molar-refractivity contribution in [3.63, 3.8) is 0 Å². The van der Waals surface area contributed by atoms with Gasteiger partial charge in [0.15, 0.2) is 5.43 Å². The number of pyridine rings is 1. The fourth-order valence-corrected chi connectivity index (χ4v) is 3.98. The fraction of sp³-hybridized carbons (Fsp3) is 0.381. The molecule has 3 heteroatoms. The molecule has 0 saturated carbocycles. The van der Waals surface area contributed by atoms with Crippen molar-refractivity contribution in [1.82, 2.24) is 9.88 Å². The van der Waals surface area contributed by atoms with E-state index in [2.05, 4.69) is 35.0 Å². The number of nitrogens with zero attached hydrogens (tertiary/aromatic N) is 1. The van der Waals surface area contributed by atoms with Gasteiger partial charge in [-0.15, -0.1) is 0 Å². The smallest absolute Gasteiger partial charge is 0.194 e. The van der Waals surface area contributed by atoms with Gasteiger partial charge in [0.25, 0.3) is 0 Å². The number of nitrogens with one attached hydrogen (secondary N) is 1. The molecule has 0 spiro atoms. The Morgan fingerprint density at radius 2 is 1.96 bits per heavy atom. The van der Waals surface area contributed by atoms with Crippen LogP contribution in [0.15, 0.2) is 41.2 Å². The van der Waals surface area contributed by atoms with Gasteiger partial charge in [0, 0.05) is 34.6 Å². The first-order valence-corrected chi connectivity index (χ1v) is 8.92. The number of rotatable bonds is 2. The number of aryl methyl sites for hydroxylation is 1. The van der Waals surface area contributed by atoms with Crippen LogP contribution in [0.2, 0.25) is 0 Å². The predicted molar refractivity (Wildman–Crippen MR) is 101 cm³/mol. The van der Waals surface area contributed by atoms with E-state index in [1.54, 1.807) is 0 Å². The van der Waals surface area contributed by atoms with E-state index in [4.69, 9.17) is 0 Å². The fourth-order valence-electron chi connectivity index (χ4n) is 3.98. The quantitative estimate of drug-likeness (QED) is 0.712. The van der Waals surface area contributed by atoms with Crippen molar-refractivity contribution in [2.45, 2.75) is 45.7 Å². The second kappa shape index (κ2) is 6.06. The van der Waals surface area contributed by atoms with Crippen molar-refractivity contribution in [3.8, 4) is 0 Å². The van der Waals surface area contributed by atoms with Crippen molar-refractivity contribution in [3.05, 3.63) is 57.9 Å². The molecule has 1 aromatic heterocycles. The molecule has 1 saturated heterocycles. The molecular formula is C21H24N2O. The van der Waals surface area contributed by atoms with Gasteiger partial charge in [0.2, 0.25) is 0 Å². The molecule has 1 aliphatic heterocycles. The molecule has 1 atom stereocenters. The molecule has 0 bridgehead atoms. The first-order chi connectivity index (χ1) is 11.6. The molecule has 124 valence electrons. The second-order valence-corrected chi connectivity index (χ2v) is 7.08. The molecule has 4 rings (SSSR count). The number of benzene rings is 2. The second-order valence-electron chi connectivity index (χ2n) is 7.08. The van der Waals surface area contributed by atoms with Crippen LogP contribution in [0.3, 0.4) is 0 Å². The summed E-state index contributed by atoms with van der Waals surface area (Å²) in [5.41, 5.74) is 3.07. The highest BCUT2D eigenvalue weighted by Gasteiger charge is 2.21. The number of aromatic amines is 1. The summed E-state index contributed by atoms with van der Waals surface area (Å²) >= 11 is 0. The van der Waals surface area contributed by atoms with Gasteiger partial charge in [0.05, 0.1) is 5.52 Å². The van der Waals surface area contributed by atoms with Crippen molar-refractivity contribution in [1.29, 1.82) is 0 Å². The normalized spacial score (nSPS) is 19.2. The van der Waals surface area contributed by atoms with E-state index in [9.17, 15) is 4.79 Å². The summed E-state index contributed by atoms with van der Waals surface area (Å²) in [4.78, 5) is 19.1. The summed E-state index contributed by atoms with van der Waals surface area (Å²) in [5.74, 6) is 0. The zero-order valence-electron chi connectivity index (χ0n) is 14.4. The highest BCUT2D eigenvalue weighted by Crippen LogP contribution is 2.24. The van der Waals surface area contributed by atoms with E-state index in [-0.39, 0.29) is 5.43 Å². The Morgan fingerprint density at radius 3 is 2.79 bits per heavy atom. The number of aromatic nitrogens is 1. The molecule has 1 unspecified atom stereocenters. The third-order valence-corrected chi connectivity index (χ3v) is 5.51. The molecular weight excluding hydrogens is 296 g/mol. The van der Waals surface area contributed by atoms with E-state index in [0.717, 1.165) is 46.0 Å². The SMILES string of the molecule is Cc1[nH]c2c(ccc3ccccc32)c(=O)c1CN1CCCCC1C. The molecule has 3 aromatic rings. The molecule has 3 nitrogen and oxygen atoms in total. The van der Waals surface area contributed by atoms with E-state index in [0.29, 0.717) is 6.04 Å². The van der Waals surface area contributed by atoms with Crippen LogP contribution in [0.1, 0.15) is 37.4 Å². The third kappa shape index (κ3) is 2.53. The molecule has 0 radical (unpaired) electrons. The third-order valence-electron chi connectivity index (χ3n) is 5.51. The van der Waals surface area contributed by atoms with E-state index >= 15 is 0 Å². The number of hydrogen-bond acceptors (Lipinski definition) is 2. The first-order valence-electron chi connectivity index (χ1n) is 8.92. The van der Waals surface area contributed by atoms with Gasteiger partial charge in [-0.2, -0.15) is 0 Å². The Labute approximate surface area is 142 Å². The molecule has 1 aliphatic rings. The van der Waals surface area contributed by atoms with E-state index in [1.165, 1.54) is 19.3 Å². The Hall–Kier alpha value is -2.13. The van der Waals surface area contributed by atoms with Crippen LogP contribution in [0.5, 0.6) is 0 Å². The molecule has 24 heavy (non-hydrogen) atoms. The van der Waals surface area contributed by atoms with Gasteiger partial charge >= 0.3 is 0 Å². The lowest BCUT2D eigenvalue weighted by Crippen LogP contribution is -2.38. The number of fused-ring (bicyclic) bond motifs is 3. The molecule has 1 N–H and O–H groups in total. The predicted octanol–water partition coefficient (Wildman–Crippen LogP) is 4.36. The van der Waals surface area contributed by atoms with Crippen molar-refractivity contribution >= 4 is 21.7 Å². The zero-order valence-corrected chi connectivity index (χ0v) is 14.4. The average molecular weight is 320 g/mol. The van der Waals surface area contributed by atoms with Gasteiger partial charge < -0.3 is 4.98 Å². The summed E-state index contributed by atoms with van der Waals surface area (Å²) in [6, 6.07) is 12.8. The maximum atomic E-state index is 13.1. The molecule has 0 amide bonds. The Morgan fingerprint density at radius 1 is 1.12 bits per heavy atom. The Balaban J connectivity index is 1.85. The van der Waals surface area contributed by atoms with Crippen molar-refractivity contribution in [2.24, 2.45) is 0 Å². The largest absolute Gasteiger partial charge is 0.358 e. The zero-order chi connectivity index (χ0) is 16.7. The summed E-state index contributed by atoms with van der Waals surface area (Å²) in [7, 11) is 0. The first kappa shape index (κ1) is 15.4. The lowest BCUT2D eigenvalue weighted by atomic mass is 10.00. The van der Waals surface area contributed by atoms with E-state index in [1.807, 2.05) is 25.1 Å². The number of likely N-dealkylation sites (tertiary alicyclic amines) is 1. The molecule has 2 aromatic carbocycles. The van der Waals surface area contributed by atoms with Gasteiger partial charge in [-0.05, 0) is 44.7 Å². The van der Waals surface area contributed by atoms with E-state index < -0.39 is 0 Å². The highest BCUT2D eigenvalue weighted by atomic mass is 16.1. The van der Waals surface area contributed by atoms with Crippen LogP contribution < -0.4 is 5.43 Å². The minimum absolute atomic E-state index is 0.185. The van der Waals surface area contributed by atoms with Gasteiger partial charge in [0.1, 0.15) is 0 Å². The van der Waals surface area contributed by atoms with Crippen LogP contribution in [-0.4, -0.2) is 22.5 Å². The summed E-state index contributed by atoms with van der Waals surface area (Å²) in [6.45, 7) is 6.16. The minimum atomic E-state index is 0.185. The van der Waals surface area contributed by atoms with Gasteiger partial charge in [-0.1, -0.05) is 36.8 Å². The van der Waals surface area contributed by atoms with Crippen LogP contribution in [0.4, 0.5) is 0 Å². The Kier molecular flexibility index (Phi) is 3.89. The number of piperidine rings is 1. The average Bonchev–Trinajstić information content (AvgIpc) is 2.60. The Bertz CT molecular complexity index is 957. The van der Waals surface area contributed by atoms with Gasteiger partial charge in [-0.3, -0.25) is 9.69 Å². The van der Waals surface area contributed by atoms with Gasteiger partial charge in [-0.25, -0.2) is 0 Å². The minimum Gasteiger partial charge on any atom is -0.358 e. The maximum Gasteiger partial charge on any atom is 0.194 e. The topological polar surface area (TPSA) is 36.1 Å². The van der Waals surface area contributed by atoms with Crippen molar-refractivity contribution in [2.75, 3.05) is 6.54 Å². The summed E-state index contributed by atoms with van der Waals surface area (Å²) < 4.78 is 0. The lowest BCUT2D eigenvalue weighted by molar-refractivity contribution is 0.152. The molecule has 0 aliphatic carbocycles. The monoisotopic (exact) mass is 320 g/mol. The molecule has 2 heterocycles. The standard InChI is InChI=1S/C21H24N2O/c1-14-7-5-6-12-23(14)13-19-15(2)22-20-17-9-4-3-8-16(17)10-11-18(20)21(19)24/h3-4,8-11,14H,5-7,12-13H2,1-2H3,(H,22,24). The number of hydrogen-bond donors (Lipinski definition) is 1. The van der Waals surface area contributed by atoms with Crippen LogP contribution in [-0.2, 0) is 6.54 Å². The summed E-state index contributed by atoms with van der Waals surface area (Å²) in [6.07, 6.45) is 3.77. The summed E-state index contributed by atoms with van der Waals surface area (Å²) in [5, 5.41) is 3.09.